The second-order valence-corrected chi connectivity index (χ2v) is 7.48. The Morgan fingerprint density at radius 2 is 1.82 bits per heavy atom. The van der Waals surface area contributed by atoms with E-state index in [-0.39, 0.29) is 29.5 Å². The molecule has 144 valence electrons. The van der Waals surface area contributed by atoms with Gasteiger partial charge in [0.05, 0.1) is 4.91 Å². The largest absolute Gasteiger partial charge is 0.350 e. The number of thioether (sulfide) groups is 1. The van der Waals surface area contributed by atoms with Crippen molar-refractivity contribution in [3.8, 4) is 0 Å². The van der Waals surface area contributed by atoms with Crippen LogP contribution >= 0.6 is 11.8 Å². The van der Waals surface area contributed by atoms with Crippen LogP contribution in [0.5, 0.6) is 0 Å². The molecule has 1 N–H and O–H groups in total. The van der Waals surface area contributed by atoms with Gasteiger partial charge in [-0.15, -0.1) is 0 Å². The van der Waals surface area contributed by atoms with Crippen molar-refractivity contribution in [3.63, 3.8) is 0 Å². The number of nitrogens with zero attached hydrogens (tertiary/aromatic N) is 1. The second-order valence-electron chi connectivity index (χ2n) is 6.49. The van der Waals surface area contributed by atoms with E-state index in [4.69, 9.17) is 0 Å². The van der Waals surface area contributed by atoms with Gasteiger partial charge in [-0.1, -0.05) is 35.4 Å². The lowest BCUT2D eigenvalue weighted by molar-refractivity contribution is -0.122. The molecule has 1 heterocycles. The molecule has 0 aromatic heterocycles. The number of halogens is 1. The Kier molecular flexibility index (Phi) is 5.94. The van der Waals surface area contributed by atoms with E-state index >= 15 is 0 Å². The minimum atomic E-state index is -0.487. The fraction of sp³-hybridized carbons (Fsp3) is 0.190. The maximum Gasteiger partial charge on any atom is 0.293 e. The summed E-state index contributed by atoms with van der Waals surface area (Å²) in [7, 11) is 0. The van der Waals surface area contributed by atoms with Gasteiger partial charge in [-0.25, -0.2) is 4.39 Å². The van der Waals surface area contributed by atoms with Gasteiger partial charge >= 0.3 is 0 Å². The third kappa shape index (κ3) is 4.48. The number of rotatable bonds is 5. The molecule has 1 aliphatic rings. The average molecular weight is 398 g/mol. The minimum absolute atomic E-state index is 0.0514. The van der Waals surface area contributed by atoms with Crippen LogP contribution in [0.1, 0.15) is 27.0 Å². The van der Waals surface area contributed by atoms with E-state index < -0.39 is 17.0 Å². The van der Waals surface area contributed by atoms with Crippen molar-refractivity contribution in [1.82, 2.24) is 10.2 Å². The van der Waals surface area contributed by atoms with Crippen LogP contribution in [0.15, 0.2) is 47.4 Å². The lowest BCUT2D eigenvalue weighted by Gasteiger charge is -2.13. The number of hydrogen-bond donors (Lipinski definition) is 1. The van der Waals surface area contributed by atoms with Crippen molar-refractivity contribution in [3.05, 3.63) is 75.4 Å². The summed E-state index contributed by atoms with van der Waals surface area (Å²) in [6.45, 7) is 4.00. The molecule has 3 amide bonds. The minimum Gasteiger partial charge on any atom is -0.350 e. The Morgan fingerprint density at radius 1 is 1.14 bits per heavy atom. The summed E-state index contributed by atoms with van der Waals surface area (Å²) < 4.78 is 13.8. The fourth-order valence-corrected chi connectivity index (χ4v) is 3.77. The fourth-order valence-electron chi connectivity index (χ4n) is 2.92. The smallest absolute Gasteiger partial charge is 0.293 e. The summed E-state index contributed by atoms with van der Waals surface area (Å²) >= 11 is 0.764. The molecule has 0 unspecified atom stereocenters. The summed E-state index contributed by atoms with van der Waals surface area (Å²) in [6, 6.07) is 11.6. The first-order valence-corrected chi connectivity index (χ1v) is 9.53. The third-order valence-corrected chi connectivity index (χ3v) is 5.08. The molecule has 2 aromatic carbocycles. The summed E-state index contributed by atoms with van der Waals surface area (Å²) in [5.41, 5.74) is 2.74. The lowest BCUT2D eigenvalue weighted by Crippen LogP contribution is -2.37. The molecule has 0 aliphatic carbocycles. The van der Waals surface area contributed by atoms with Crippen LogP contribution in [0.2, 0.25) is 0 Å². The molecule has 28 heavy (non-hydrogen) atoms. The number of aryl methyl sites for hydroxylation is 2. The van der Waals surface area contributed by atoms with Crippen molar-refractivity contribution >= 4 is 34.9 Å². The summed E-state index contributed by atoms with van der Waals surface area (Å²) in [4.78, 5) is 38.1. The van der Waals surface area contributed by atoms with Crippen LogP contribution in [0.4, 0.5) is 9.18 Å². The molecule has 2 aromatic rings. The summed E-state index contributed by atoms with van der Waals surface area (Å²) in [6.07, 6.45) is 1.37. The van der Waals surface area contributed by atoms with Gasteiger partial charge in [0.15, 0.2) is 0 Å². The van der Waals surface area contributed by atoms with Crippen LogP contribution in [0.3, 0.4) is 0 Å². The SMILES string of the molecule is Cc1cc(C)cc(C(=O)NCCN2C(=O)S/C(=C\c3ccccc3F)C2=O)c1. The quantitative estimate of drug-likeness (QED) is 0.776. The lowest BCUT2D eigenvalue weighted by atomic mass is 10.1. The highest BCUT2D eigenvalue weighted by Crippen LogP contribution is 2.32. The number of nitrogens with one attached hydrogen (secondary N) is 1. The van der Waals surface area contributed by atoms with Gasteiger partial charge in [-0.3, -0.25) is 19.3 Å². The van der Waals surface area contributed by atoms with Crippen molar-refractivity contribution in [2.45, 2.75) is 13.8 Å². The maximum absolute atomic E-state index is 13.8. The highest BCUT2D eigenvalue weighted by Gasteiger charge is 2.34. The highest BCUT2D eigenvalue weighted by molar-refractivity contribution is 8.18. The third-order valence-electron chi connectivity index (χ3n) is 4.17. The summed E-state index contributed by atoms with van der Waals surface area (Å²) in [5.74, 6) is -1.21. The number of benzene rings is 2. The highest BCUT2D eigenvalue weighted by atomic mass is 32.2. The zero-order valence-electron chi connectivity index (χ0n) is 15.5. The predicted molar refractivity (Wildman–Crippen MR) is 107 cm³/mol. The average Bonchev–Trinajstić information content (AvgIpc) is 2.90. The first kappa shape index (κ1) is 19.8. The molecule has 3 rings (SSSR count). The number of carbonyl (C=O) groups excluding carboxylic acids is 3. The second kappa shape index (κ2) is 8.39. The Balaban J connectivity index is 1.62. The number of carbonyl (C=O) groups is 3. The molecule has 0 radical (unpaired) electrons. The molecule has 7 heteroatoms. The molecule has 0 atom stereocenters. The number of amides is 3. The number of hydrogen-bond acceptors (Lipinski definition) is 4. The van der Waals surface area contributed by atoms with Gasteiger partial charge in [0, 0.05) is 24.2 Å². The molecule has 5 nitrogen and oxygen atoms in total. The van der Waals surface area contributed by atoms with Crippen molar-refractivity contribution in [2.24, 2.45) is 0 Å². The molecule has 0 spiro atoms. The van der Waals surface area contributed by atoms with E-state index in [0.29, 0.717) is 5.56 Å². The topological polar surface area (TPSA) is 66.5 Å². The van der Waals surface area contributed by atoms with Gasteiger partial charge < -0.3 is 5.32 Å². The maximum atomic E-state index is 13.8. The van der Waals surface area contributed by atoms with E-state index in [1.807, 2.05) is 19.9 Å². The van der Waals surface area contributed by atoms with E-state index in [2.05, 4.69) is 5.32 Å². The van der Waals surface area contributed by atoms with Crippen LogP contribution in [0, 0.1) is 19.7 Å². The van der Waals surface area contributed by atoms with Crippen LogP contribution in [-0.2, 0) is 4.79 Å². The van der Waals surface area contributed by atoms with E-state index in [1.54, 1.807) is 24.3 Å². The molecule has 0 bridgehead atoms. The van der Waals surface area contributed by atoms with Gasteiger partial charge in [-0.2, -0.15) is 0 Å². The van der Waals surface area contributed by atoms with Gasteiger partial charge in [0.25, 0.3) is 17.1 Å². The molecular formula is C21H19FN2O3S. The van der Waals surface area contributed by atoms with E-state index in [1.165, 1.54) is 18.2 Å². The molecule has 1 aliphatic heterocycles. The van der Waals surface area contributed by atoms with Crippen molar-refractivity contribution < 1.29 is 18.8 Å². The molecular weight excluding hydrogens is 379 g/mol. The van der Waals surface area contributed by atoms with Gasteiger partial charge in [-0.05, 0) is 49.9 Å². The monoisotopic (exact) mass is 398 g/mol. The Bertz CT molecular complexity index is 967. The number of imide groups is 1. The van der Waals surface area contributed by atoms with Crippen molar-refractivity contribution in [2.75, 3.05) is 13.1 Å². The van der Waals surface area contributed by atoms with Gasteiger partial charge in [0.2, 0.25) is 0 Å². The zero-order valence-corrected chi connectivity index (χ0v) is 16.3. The van der Waals surface area contributed by atoms with Crippen LogP contribution in [0.25, 0.3) is 6.08 Å². The standard InChI is InChI=1S/C21H19FN2O3S/c1-13-9-14(2)11-16(10-13)19(25)23-7-8-24-20(26)18(28-21(24)27)12-15-5-3-4-6-17(15)22/h3-6,9-12H,7-8H2,1-2H3,(H,23,25)/b18-12-. The molecule has 1 saturated heterocycles. The van der Waals surface area contributed by atoms with Crippen LogP contribution < -0.4 is 5.32 Å². The first-order valence-electron chi connectivity index (χ1n) is 8.71. The first-order chi connectivity index (χ1) is 13.3. The van der Waals surface area contributed by atoms with Crippen LogP contribution in [-0.4, -0.2) is 35.0 Å². The molecule has 1 fully saturated rings. The van der Waals surface area contributed by atoms with E-state index in [0.717, 1.165) is 27.8 Å². The predicted octanol–water partition coefficient (Wildman–Crippen LogP) is 3.91. The molecule has 0 saturated carbocycles. The summed E-state index contributed by atoms with van der Waals surface area (Å²) in [5, 5.41) is 2.28. The van der Waals surface area contributed by atoms with E-state index in [9.17, 15) is 18.8 Å². The van der Waals surface area contributed by atoms with Gasteiger partial charge in [0.1, 0.15) is 5.82 Å². The normalized spacial score (nSPS) is 15.4. The van der Waals surface area contributed by atoms with Crippen molar-refractivity contribution in [1.29, 1.82) is 0 Å². The zero-order chi connectivity index (χ0) is 20.3. The Morgan fingerprint density at radius 3 is 2.50 bits per heavy atom. The Labute approximate surface area is 166 Å². The Hall–Kier alpha value is -2.93.